The molecule has 0 aliphatic heterocycles. The fourth-order valence-corrected chi connectivity index (χ4v) is 2.77. The van der Waals surface area contributed by atoms with E-state index in [4.69, 9.17) is 4.42 Å². The third-order valence-electron chi connectivity index (χ3n) is 3.93. The van der Waals surface area contributed by atoms with Crippen LogP contribution in [0.15, 0.2) is 57.7 Å². The van der Waals surface area contributed by atoms with Gasteiger partial charge in [0.1, 0.15) is 6.54 Å². The van der Waals surface area contributed by atoms with Crippen molar-refractivity contribution < 1.29 is 14.0 Å². The molecule has 2 amide bonds. The molecule has 3 aromatic rings. The molecule has 0 fully saturated rings. The molecule has 2 N–H and O–H groups in total. The number of nitrogens with one attached hydrogen (secondary N) is 2. The van der Waals surface area contributed by atoms with E-state index in [1.807, 2.05) is 13.8 Å². The van der Waals surface area contributed by atoms with Crippen LogP contribution in [0.2, 0.25) is 0 Å². The van der Waals surface area contributed by atoms with Gasteiger partial charge < -0.3 is 15.1 Å². The van der Waals surface area contributed by atoms with E-state index in [9.17, 15) is 14.4 Å². The van der Waals surface area contributed by atoms with Crippen molar-refractivity contribution in [3.05, 3.63) is 64.6 Å². The van der Waals surface area contributed by atoms with E-state index in [1.54, 1.807) is 48.5 Å². The summed E-state index contributed by atoms with van der Waals surface area (Å²) >= 11 is 0. The van der Waals surface area contributed by atoms with Crippen LogP contribution in [0.1, 0.15) is 19.4 Å². The average Bonchev–Trinajstić information content (AvgIpc) is 2.91. The zero-order chi connectivity index (χ0) is 19.4. The number of fused-ring (bicyclic) bond motifs is 1. The van der Waals surface area contributed by atoms with Gasteiger partial charge in [0.05, 0.1) is 11.9 Å². The summed E-state index contributed by atoms with van der Waals surface area (Å²) < 4.78 is 6.41. The molecule has 0 saturated heterocycles. The molecule has 7 nitrogen and oxygen atoms in total. The summed E-state index contributed by atoms with van der Waals surface area (Å²) in [6.07, 6.45) is 0.281. The minimum Gasteiger partial charge on any atom is -0.408 e. The topological polar surface area (TPSA) is 93.3 Å². The van der Waals surface area contributed by atoms with Crippen LogP contribution >= 0.6 is 0 Å². The Morgan fingerprint density at radius 3 is 2.44 bits per heavy atom. The number of aromatic nitrogens is 1. The largest absolute Gasteiger partial charge is 0.420 e. The van der Waals surface area contributed by atoms with Crippen LogP contribution in [-0.4, -0.2) is 22.4 Å². The van der Waals surface area contributed by atoms with Gasteiger partial charge >= 0.3 is 5.76 Å². The van der Waals surface area contributed by atoms with Crippen molar-refractivity contribution in [2.45, 2.75) is 32.9 Å². The number of para-hydroxylation sites is 2. The first-order chi connectivity index (χ1) is 12.9. The van der Waals surface area contributed by atoms with E-state index in [0.29, 0.717) is 16.8 Å². The van der Waals surface area contributed by atoms with Gasteiger partial charge in [-0.25, -0.2) is 4.79 Å². The van der Waals surface area contributed by atoms with Crippen LogP contribution in [0.3, 0.4) is 0 Å². The summed E-state index contributed by atoms with van der Waals surface area (Å²) in [4.78, 5) is 36.0. The van der Waals surface area contributed by atoms with Gasteiger partial charge in [-0.05, 0) is 43.7 Å². The molecule has 140 valence electrons. The Kier molecular flexibility index (Phi) is 5.40. The molecule has 0 radical (unpaired) electrons. The highest BCUT2D eigenvalue weighted by Gasteiger charge is 2.12. The fourth-order valence-electron chi connectivity index (χ4n) is 2.77. The van der Waals surface area contributed by atoms with Gasteiger partial charge in [0.25, 0.3) is 0 Å². The third kappa shape index (κ3) is 4.63. The van der Waals surface area contributed by atoms with Gasteiger partial charge in [-0.3, -0.25) is 14.2 Å². The fraction of sp³-hybridized carbons (Fsp3) is 0.250. The molecule has 3 rings (SSSR count). The molecule has 0 aliphatic carbocycles. The van der Waals surface area contributed by atoms with Crippen molar-refractivity contribution in [2.75, 3.05) is 5.32 Å². The number of nitrogens with zero attached hydrogens (tertiary/aromatic N) is 1. The molecular weight excluding hydrogens is 346 g/mol. The molecule has 1 aromatic heterocycles. The zero-order valence-electron chi connectivity index (χ0n) is 15.2. The predicted octanol–water partition coefficient (Wildman–Crippen LogP) is 2.30. The van der Waals surface area contributed by atoms with Crippen molar-refractivity contribution in [1.82, 2.24) is 9.88 Å². The lowest BCUT2D eigenvalue weighted by molar-refractivity contribution is -0.121. The molecule has 0 atom stereocenters. The van der Waals surface area contributed by atoms with Crippen LogP contribution in [0.4, 0.5) is 5.69 Å². The number of carbonyl (C=O) groups excluding carboxylic acids is 2. The molecule has 1 heterocycles. The van der Waals surface area contributed by atoms with E-state index in [1.165, 1.54) is 4.57 Å². The maximum absolute atomic E-state index is 12.3. The second-order valence-electron chi connectivity index (χ2n) is 6.57. The van der Waals surface area contributed by atoms with E-state index in [0.717, 1.165) is 5.56 Å². The molecule has 0 unspecified atom stereocenters. The van der Waals surface area contributed by atoms with Gasteiger partial charge in [-0.2, -0.15) is 0 Å². The van der Waals surface area contributed by atoms with Gasteiger partial charge in [-0.15, -0.1) is 0 Å². The predicted molar refractivity (Wildman–Crippen MR) is 103 cm³/mol. The first-order valence-corrected chi connectivity index (χ1v) is 8.69. The van der Waals surface area contributed by atoms with E-state index in [-0.39, 0.29) is 30.8 Å². The monoisotopic (exact) mass is 367 g/mol. The van der Waals surface area contributed by atoms with E-state index in [2.05, 4.69) is 10.6 Å². The maximum atomic E-state index is 12.3. The van der Waals surface area contributed by atoms with Crippen molar-refractivity contribution in [3.63, 3.8) is 0 Å². The number of oxazole rings is 1. The lowest BCUT2D eigenvalue weighted by Crippen LogP contribution is -2.31. The molecule has 0 aliphatic rings. The van der Waals surface area contributed by atoms with Crippen LogP contribution in [-0.2, 0) is 22.6 Å². The molecule has 0 saturated carbocycles. The highest BCUT2D eigenvalue weighted by Crippen LogP contribution is 2.13. The molecule has 7 heteroatoms. The minimum atomic E-state index is -0.571. The maximum Gasteiger partial charge on any atom is 0.420 e. The summed E-state index contributed by atoms with van der Waals surface area (Å²) in [6.45, 7) is 3.67. The normalized spacial score (nSPS) is 10.9. The summed E-state index contributed by atoms with van der Waals surface area (Å²) in [5.74, 6) is -0.959. The number of rotatable bonds is 6. The molecule has 2 aromatic carbocycles. The Hall–Kier alpha value is -3.35. The Morgan fingerprint density at radius 2 is 1.74 bits per heavy atom. The molecule has 0 spiro atoms. The minimum absolute atomic E-state index is 0.0482. The highest BCUT2D eigenvalue weighted by molar-refractivity contribution is 5.91. The smallest absolute Gasteiger partial charge is 0.408 e. The first kappa shape index (κ1) is 18.4. The number of hydrogen-bond acceptors (Lipinski definition) is 4. The molecular formula is C20H21N3O4. The van der Waals surface area contributed by atoms with Crippen LogP contribution in [0, 0.1) is 0 Å². The van der Waals surface area contributed by atoms with Gasteiger partial charge in [0.15, 0.2) is 5.58 Å². The van der Waals surface area contributed by atoms with Crippen molar-refractivity contribution in [1.29, 1.82) is 0 Å². The molecule has 27 heavy (non-hydrogen) atoms. The first-order valence-electron chi connectivity index (χ1n) is 8.69. The average molecular weight is 367 g/mol. The van der Waals surface area contributed by atoms with Crippen LogP contribution in [0.25, 0.3) is 11.1 Å². The quantitative estimate of drug-likeness (QED) is 0.699. The van der Waals surface area contributed by atoms with E-state index >= 15 is 0 Å². The Morgan fingerprint density at radius 1 is 1.04 bits per heavy atom. The van der Waals surface area contributed by atoms with E-state index < -0.39 is 5.76 Å². The summed E-state index contributed by atoms with van der Waals surface area (Å²) in [7, 11) is 0. The number of amides is 2. The lowest BCUT2D eigenvalue weighted by atomic mass is 10.1. The van der Waals surface area contributed by atoms with Gasteiger partial charge in [0, 0.05) is 11.7 Å². The zero-order valence-corrected chi connectivity index (χ0v) is 15.2. The number of carbonyl (C=O) groups is 2. The van der Waals surface area contributed by atoms with Crippen molar-refractivity contribution in [2.24, 2.45) is 0 Å². The van der Waals surface area contributed by atoms with Gasteiger partial charge in [0.2, 0.25) is 11.8 Å². The number of benzene rings is 2. The molecule has 0 bridgehead atoms. The second-order valence-corrected chi connectivity index (χ2v) is 6.57. The third-order valence-corrected chi connectivity index (χ3v) is 3.93. The highest BCUT2D eigenvalue weighted by atomic mass is 16.4. The SMILES string of the molecule is CC(C)NC(=O)Cc1ccc(NC(=O)Cn2c(=O)oc3ccccc32)cc1. The van der Waals surface area contributed by atoms with Crippen molar-refractivity contribution in [3.8, 4) is 0 Å². The van der Waals surface area contributed by atoms with Crippen molar-refractivity contribution >= 4 is 28.6 Å². The van der Waals surface area contributed by atoms with Gasteiger partial charge in [-0.1, -0.05) is 24.3 Å². The Balaban J connectivity index is 1.63. The number of anilines is 1. The summed E-state index contributed by atoms with van der Waals surface area (Å²) in [5, 5.41) is 5.58. The van der Waals surface area contributed by atoms with Crippen LogP contribution < -0.4 is 16.4 Å². The second kappa shape index (κ2) is 7.90. The van der Waals surface area contributed by atoms with Crippen LogP contribution in [0.5, 0.6) is 0 Å². The number of hydrogen-bond donors (Lipinski definition) is 2. The lowest BCUT2D eigenvalue weighted by Gasteiger charge is -2.09. The summed E-state index contributed by atoms with van der Waals surface area (Å²) in [5.41, 5.74) is 2.46. The Labute approximate surface area is 156 Å². The summed E-state index contributed by atoms with van der Waals surface area (Å²) in [6, 6.07) is 14.1. The Bertz CT molecular complexity index is 1020. The standard InChI is InChI=1S/C20H21N3O4/c1-13(2)21-18(24)11-14-7-9-15(10-8-14)22-19(25)12-23-16-5-3-4-6-17(16)27-20(23)26/h3-10,13H,11-12H2,1-2H3,(H,21,24)(H,22,25).